The second kappa shape index (κ2) is 7.63. The molecule has 1 aliphatic heterocycles. The Kier molecular flexibility index (Phi) is 5.50. The summed E-state index contributed by atoms with van der Waals surface area (Å²) in [7, 11) is 0. The minimum atomic E-state index is -0.651. The van der Waals surface area contributed by atoms with E-state index in [9.17, 15) is 4.79 Å². The van der Waals surface area contributed by atoms with Gasteiger partial charge in [0.1, 0.15) is 17.0 Å². The summed E-state index contributed by atoms with van der Waals surface area (Å²) in [5, 5.41) is 13.6. The number of primary amides is 1. The Hall–Kier alpha value is -1.78. The fraction of sp³-hybridized carbons (Fsp3) is 0.412. The lowest BCUT2D eigenvalue weighted by atomic mass is 10.1. The summed E-state index contributed by atoms with van der Waals surface area (Å²) < 4.78 is 1.94. The van der Waals surface area contributed by atoms with Gasteiger partial charge < -0.3 is 20.7 Å². The number of fused-ring (bicyclic) bond motifs is 1. The van der Waals surface area contributed by atoms with Crippen LogP contribution in [0.5, 0.6) is 0 Å². The zero-order valence-electron chi connectivity index (χ0n) is 13.5. The van der Waals surface area contributed by atoms with Crippen molar-refractivity contribution in [3.8, 4) is 11.8 Å². The van der Waals surface area contributed by atoms with E-state index in [1.54, 1.807) is 0 Å². The first-order valence-corrected chi connectivity index (χ1v) is 8.80. The highest BCUT2D eigenvalue weighted by atomic mass is 35.5. The Morgan fingerprint density at radius 3 is 2.96 bits per heavy atom. The molecular formula is C17H18Cl2N4O2. The third-order valence-corrected chi connectivity index (χ3v) is 4.85. The molecule has 0 bridgehead atoms. The molecule has 0 saturated carbocycles. The average molecular weight is 381 g/mol. The number of carbonyl (C=O) groups is 1. The SMILES string of the molecule is NC(=O)c1cc(Cl)c2c(Cl)c(C#CCCO)n([C@H]3CCCNC3)c2n1. The number of amides is 1. The van der Waals surface area contributed by atoms with Crippen LogP contribution in [0.1, 0.15) is 41.5 Å². The summed E-state index contributed by atoms with van der Waals surface area (Å²) >= 11 is 12.9. The van der Waals surface area contributed by atoms with Crippen molar-refractivity contribution >= 4 is 40.1 Å². The van der Waals surface area contributed by atoms with Gasteiger partial charge in [0.15, 0.2) is 0 Å². The molecule has 1 fully saturated rings. The van der Waals surface area contributed by atoms with E-state index >= 15 is 0 Å². The van der Waals surface area contributed by atoms with Crippen LogP contribution in [0.4, 0.5) is 0 Å². The highest BCUT2D eigenvalue weighted by molar-refractivity contribution is 6.43. The number of rotatable bonds is 3. The molecule has 1 amide bonds. The number of hydrogen-bond acceptors (Lipinski definition) is 4. The highest BCUT2D eigenvalue weighted by Gasteiger charge is 2.26. The van der Waals surface area contributed by atoms with Crippen molar-refractivity contribution in [2.75, 3.05) is 19.7 Å². The third kappa shape index (κ3) is 3.46. The van der Waals surface area contributed by atoms with E-state index in [2.05, 4.69) is 22.1 Å². The molecule has 0 aliphatic carbocycles. The number of nitrogens with two attached hydrogens (primary N) is 1. The lowest BCUT2D eigenvalue weighted by molar-refractivity contribution is 0.0996. The fourth-order valence-electron chi connectivity index (χ4n) is 3.06. The number of aliphatic hydroxyl groups excluding tert-OH is 1. The van der Waals surface area contributed by atoms with Gasteiger partial charge >= 0.3 is 0 Å². The molecule has 132 valence electrons. The molecule has 0 radical (unpaired) electrons. The lowest BCUT2D eigenvalue weighted by Crippen LogP contribution is -2.32. The van der Waals surface area contributed by atoms with Crippen LogP contribution in [0.25, 0.3) is 11.0 Å². The normalized spacial score (nSPS) is 17.3. The summed E-state index contributed by atoms with van der Waals surface area (Å²) in [5.74, 6) is 5.27. The van der Waals surface area contributed by atoms with Gasteiger partial charge in [0.05, 0.1) is 22.0 Å². The van der Waals surface area contributed by atoms with Crippen LogP contribution < -0.4 is 11.1 Å². The number of nitrogens with one attached hydrogen (secondary N) is 1. The Morgan fingerprint density at radius 2 is 2.32 bits per heavy atom. The Balaban J connectivity index is 2.28. The second-order valence-corrected chi connectivity index (χ2v) is 6.65. The molecule has 1 aliphatic rings. The quantitative estimate of drug-likeness (QED) is 0.710. The van der Waals surface area contributed by atoms with Crippen LogP contribution in [-0.2, 0) is 0 Å². The lowest BCUT2D eigenvalue weighted by Gasteiger charge is -2.25. The average Bonchev–Trinajstić information content (AvgIpc) is 2.88. The molecule has 2 aromatic rings. The van der Waals surface area contributed by atoms with Gasteiger partial charge in [0.25, 0.3) is 5.91 Å². The number of aromatic nitrogens is 2. The van der Waals surface area contributed by atoms with Crippen LogP contribution in [0.3, 0.4) is 0 Å². The molecule has 1 saturated heterocycles. The molecule has 1 atom stereocenters. The minimum Gasteiger partial charge on any atom is -0.395 e. The van der Waals surface area contributed by atoms with Crippen molar-refractivity contribution in [2.45, 2.75) is 25.3 Å². The maximum atomic E-state index is 11.6. The second-order valence-electron chi connectivity index (χ2n) is 5.86. The van der Waals surface area contributed by atoms with E-state index < -0.39 is 5.91 Å². The van der Waals surface area contributed by atoms with Gasteiger partial charge in [-0.3, -0.25) is 4.79 Å². The standard InChI is InChI=1S/C17H18Cl2N4O2/c18-11-8-12(16(20)25)22-17-14(11)15(19)13(5-1-2-7-24)23(17)10-4-3-6-21-9-10/h8,10,21,24H,2-4,6-7,9H2,(H2,20,25)/t10-/m0/s1. The van der Waals surface area contributed by atoms with Gasteiger partial charge in [-0.15, -0.1) is 0 Å². The summed E-state index contributed by atoms with van der Waals surface area (Å²) in [4.78, 5) is 16.0. The molecule has 25 heavy (non-hydrogen) atoms. The number of halogens is 2. The molecule has 3 rings (SSSR count). The maximum absolute atomic E-state index is 11.6. The predicted molar refractivity (Wildman–Crippen MR) is 98.0 cm³/mol. The molecule has 3 heterocycles. The smallest absolute Gasteiger partial charge is 0.267 e. The topological polar surface area (TPSA) is 93.2 Å². The number of hydrogen-bond donors (Lipinski definition) is 3. The van der Waals surface area contributed by atoms with Gasteiger partial charge in [-0.05, 0) is 31.4 Å². The highest BCUT2D eigenvalue weighted by Crippen LogP contribution is 2.38. The van der Waals surface area contributed by atoms with Crippen molar-refractivity contribution in [3.63, 3.8) is 0 Å². The monoisotopic (exact) mass is 380 g/mol. The van der Waals surface area contributed by atoms with Gasteiger partial charge in [-0.25, -0.2) is 4.98 Å². The Bertz CT molecular complexity index is 876. The summed E-state index contributed by atoms with van der Waals surface area (Å²) in [6.45, 7) is 1.67. The Labute approximate surface area is 155 Å². The van der Waals surface area contributed by atoms with Gasteiger partial charge in [0.2, 0.25) is 0 Å². The van der Waals surface area contributed by atoms with Crippen LogP contribution in [0.15, 0.2) is 6.07 Å². The van der Waals surface area contributed by atoms with Crippen molar-refractivity contribution in [1.29, 1.82) is 0 Å². The van der Waals surface area contributed by atoms with Crippen LogP contribution in [0.2, 0.25) is 10.0 Å². The molecule has 0 unspecified atom stereocenters. The van der Waals surface area contributed by atoms with Crippen LogP contribution in [0, 0.1) is 11.8 Å². The van der Waals surface area contributed by atoms with Crippen molar-refractivity contribution in [3.05, 3.63) is 27.5 Å². The molecule has 8 heteroatoms. The minimum absolute atomic E-state index is 0.0271. The van der Waals surface area contributed by atoms with E-state index in [0.717, 1.165) is 25.9 Å². The summed E-state index contributed by atoms with van der Waals surface area (Å²) in [5.41, 5.74) is 6.56. The fourth-order valence-corrected chi connectivity index (χ4v) is 3.72. The largest absolute Gasteiger partial charge is 0.395 e. The predicted octanol–water partition coefficient (Wildman–Crippen LogP) is 2.10. The van der Waals surface area contributed by atoms with Gasteiger partial charge in [-0.1, -0.05) is 29.1 Å². The van der Waals surface area contributed by atoms with E-state index in [1.165, 1.54) is 6.07 Å². The Morgan fingerprint density at radius 1 is 1.52 bits per heavy atom. The van der Waals surface area contributed by atoms with Crippen molar-refractivity contribution < 1.29 is 9.90 Å². The first-order valence-electron chi connectivity index (χ1n) is 8.04. The van der Waals surface area contributed by atoms with Crippen LogP contribution in [-0.4, -0.2) is 40.3 Å². The zero-order valence-corrected chi connectivity index (χ0v) is 15.0. The van der Waals surface area contributed by atoms with E-state index in [1.807, 2.05) is 4.57 Å². The number of aliphatic hydroxyl groups is 1. The first-order chi connectivity index (χ1) is 12.0. The molecule has 0 aromatic carbocycles. The number of nitrogens with zero attached hydrogens (tertiary/aromatic N) is 2. The molecule has 2 aromatic heterocycles. The maximum Gasteiger partial charge on any atom is 0.267 e. The van der Waals surface area contributed by atoms with E-state index in [-0.39, 0.29) is 18.3 Å². The first kappa shape index (κ1) is 18.0. The number of pyridine rings is 1. The van der Waals surface area contributed by atoms with Crippen LogP contribution >= 0.6 is 23.2 Å². The molecule has 4 N–H and O–H groups in total. The van der Waals surface area contributed by atoms with E-state index in [4.69, 9.17) is 34.0 Å². The van der Waals surface area contributed by atoms with Gasteiger partial charge in [-0.2, -0.15) is 0 Å². The molecular weight excluding hydrogens is 363 g/mol. The number of carbonyl (C=O) groups excluding carboxylic acids is 1. The zero-order chi connectivity index (χ0) is 18.0. The molecule has 6 nitrogen and oxygen atoms in total. The van der Waals surface area contributed by atoms with E-state index in [0.29, 0.717) is 33.2 Å². The summed E-state index contributed by atoms with van der Waals surface area (Å²) in [6.07, 6.45) is 2.28. The van der Waals surface area contributed by atoms with Gasteiger partial charge in [0, 0.05) is 19.0 Å². The molecule has 0 spiro atoms. The number of piperidine rings is 1. The summed E-state index contributed by atoms with van der Waals surface area (Å²) in [6, 6.07) is 1.51. The third-order valence-electron chi connectivity index (χ3n) is 4.18. The van der Waals surface area contributed by atoms with Crippen molar-refractivity contribution in [1.82, 2.24) is 14.9 Å². The van der Waals surface area contributed by atoms with Crippen molar-refractivity contribution in [2.24, 2.45) is 5.73 Å².